The molecule has 0 saturated heterocycles. The number of carbonyl (C=O) groups excluding carboxylic acids is 3. The number of hydrogen-bond donors (Lipinski definition) is 8. The molecule has 368 valence electrons. The molecular weight excluding hydrogens is 853 g/mol. The Hall–Kier alpha value is -2.58. The minimum absolute atomic E-state index is 0.0130. The highest BCUT2D eigenvalue weighted by atomic mass is 31.2. The van der Waals surface area contributed by atoms with Gasteiger partial charge in [-0.05, 0) is 38.5 Å². The molecule has 1 heterocycles. The summed E-state index contributed by atoms with van der Waals surface area (Å²) >= 11 is 0. The molecule has 63 heavy (non-hydrogen) atoms. The van der Waals surface area contributed by atoms with E-state index in [-0.39, 0.29) is 56.9 Å². The third-order valence-electron chi connectivity index (χ3n) is 9.33. The highest BCUT2D eigenvalue weighted by molar-refractivity contribution is 7.51. The van der Waals surface area contributed by atoms with Gasteiger partial charge in [0.05, 0.1) is 143 Å². The molecule has 0 aromatic heterocycles. The molecular formula is C39H76N7O16P. The molecule has 2 rings (SSSR count). The summed E-state index contributed by atoms with van der Waals surface area (Å²) in [6.07, 6.45) is 5.73. The van der Waals surface area contributed by atoms with Gasteiger partial charge in [-0.25, -0.2) is 0 Å². The molecule has 1 aliphatic carbocycles. The summed E-state index contributed by atoms with van der Waals surface area (Å²) < 4.78 is 65.6. The molecule has 0 bridgehead atoms. The lowest BCUT2D eigenvalue weighted by Gasteiger charge is -2.24. The highest BCUT2D eigenvalue weighted by Crippen LogP contribution is 2.33. The predicted molar refractivity (Wildman–Crippen MR) is 229 cm³/mol. The van der Waals surface area contributed by atoms with Crippen molar-refractivity contribution in [3.05, 3.63) is 11.4 Å². The molecule has 0 saturated carbocycles. The maximum atomic E-state index is 12.7. The van der Waals surface area contributed by atoms with Crippen molar-refractivity contribution in [1.29, 1.82) is 0 Å². The monoisotopic (exact) mass is 930 g/mol. The van der Waals surface area contributed by atoms with Gasteiger partial charge in [0.1, 0.15) is 18.8 Å². The van der Waals surface area contributed by atoms with E-state index in [1.165, 1.54) is 0 Å². The topological polar surface area (TPSA) is 304 Å². The summed E-state index contributed by atoms with van der Waals surface area (Å²) in [7, 11) is -4.03. The van der Waals surface area contributed by atoms with E-state index in [1.54, 1.807) is 0 Å². The molecule has 2 atom stereocenters. The van der Waals surface area contributed by atoms with Gasteiger partial charge in [0, 0.05) is 19.5 Å². The molecule has 3 amide bonds. The lowest BCUT2D eigenvalue weighted by atomic mass is 9.99. The Kier molecular flexibility index (Phi) is 33.8. The van der Waals surface area contributed by atoms with Crippen LogP contribution in [0.25, 0.3) is 0 Å². The molecule has 0 fully saturated rings. The Morgan fingerprint density at radius 3 is 1.81 bits per heavy atom. The van der Waals surface area contributed by atoms with Gasteiger partial charge < -0.3 is 84.7 Å². The third kappa shape index (κ3) is 31.1. The van der Waals surface area contributed by atoms with Crippen molar-refractivity contribution >= 4 is 25.3 Å². The first kappa shape index (κ1) is 56.5. The fourth-order valence-corrected chi connectivity index (χ4v) is 6.43. The second-order valence-electron chi connectivity index (χ2n) is 14.5. The number of primary amides is 1. The quantitative estimate of drug-likeness (QED) is 0.0264. The number of allylic oxidation sites excluding steroid dienone is 1. The van der Waals surface area contributed by atoms with E-state index in [4.69, 9.17) is 68.6 Å². The van der Waals surface area contributed by atoms with E-state index in [9.17, 15) is 18.9 Å². The number of nitrogens with one attached hydrogen (secondary N) is 4. The average molecular weight is 930 g/mol. The molecule has 0 radical (unpaired) electrons. The Morgan fingerprint density at radius 1 is 0.714 bits per heavy atom. The highest BCUT2D eigenvalue weighted by Gasteiger charge is 2.30. The molecule has 1 aliphatic heterocycles. The van der Waals surface area contributed by atoms with E-state index in [1.807, 2.05) is 5.01 Å². The fourth-order valence-electron chi connectivity index (χ4n) is 6.06. The first-order valence-electron chi connectivity index (χ1n) is 22.0. The van der Waals surface area contributed by atoms with Crippen LogP contribution in [0.2, 0.25) is 0 Å². The Morgan fingerprint density at radius 2 is 1.25 bits per heavy atom. The van der Waals surface area contributed by atoms with E-state index in [0.29, 0.717) is 138 Å². The summed E-state index contributed by atoms with van der Waals surface area (Å²) in [6.45, 7) is 8.05. The van der Waals surface area contributed by atoms with Crippen molar-refractivity contribution in [2.75, 3.05) is 151 Å². The predicted octanol–water partition coefficient (Wildman–Crippen LogP) is -1.20. The van der Waals surface area contributed by atoms with Crippen LogP contribution in [-0.2, 0) is 66.3 Å². The first-order chi connectivity index (χ1) is 30.6. The number of nitrogens with two attached hydrogens (primary N) is 2. The summed E-state index contributed by atoms with van der Waals surface area (Å²) in [5.74, 6) is -1.20. The van der Waals surface area contributed by atoms with Crippen LogP contribution in [0.5, 0.6) is 0 Å². The lowest BCUT2D eigenvalue weighted by molar-refractivity contribution is -0.128. The van der Waals surface area contributed by atoms with Crippen LogP contribution in [0.4, 0.5) is 0 Å². The van der Waals surface area contributed by atoms with E-state index in [0.717, 1.165) is 43.5 Å². The SMILES string of the molecule is NCCOCCOCCOCCOCCC(=O)N[C@H](CCCCNC(=O)COC1CCCCCC2=C1NNN2CCOCCOCCOCCOCCOCCP(=O)(O)O)C(N)=O. The maximum absolute atomic E-state index is 12.7. The van der Waals surface area contributed by atoms with Gasteiger partial charge in [0.15, 0.2) is 0 Å². The zero-order valence-corrected chi connectivity index (χ0v) is 37.8. The van der Waals surface area contributed by atoms with E-state index < -0.39 is 19.5 Å². The summed E-state index contributed by atoms with van der Waals surface area (Å²) in [5, 5.41) is 7.57. The number of unbranched alkanes of at least 4 members (excludes halogenated alkanes) is 1. The molecule has 2 aliphatic rings. The molecule has 0 spiro atoms. The Balaban J connectivity index is 1.51. The van der Waals surface area contributed by atoms with Crippen molar-refractivity contribution in [3.63, 3.8) is 0 Å². The van der Waals surface area contributed by atoms with Crippen LogP contribution in [-0.4, -0.2) is 196 Å². The number of hydrazine groups is 2. The van der Waals surface area contributed by atoms with Crippen molar-refractivity contribution in [3.8, 4) is 0 Å². The van der Waals surface area contributed by atoms with Gasteiger partial charge in [-0.2, -0.15) is 0 Å². The molecule has 10 N–H and O–H groups in total. The fraction of sp³-hybridized carbons (Fsp3) is 0.872. The summed E-state index contributed by atoms with van der Waals surface area (Å²) in [6, 6.07) is -0.816. The van der Waals surface area contributed by atoms with Gasteiger partial charge in [0.2, 0.25) is 17.7 Å². The van der Waals surface area contributed by atoms with Crippen LogP contribution in [0.1, 0.15) is 57.8 Å². The average Bonchev–Trinajstić information content (AvgIpc) is 3.63. The van der Waals surface area contributed by atoms with Gasteiger partial charge in [-0.15, -0.1) is 5.53 Å². The van der Waals surface area contributed by atoms with Crippen molar-refractivity contribution in [2.24, 2.45) is 11.5 Å². The van der Waals surface area contributed by atoms with E-state index in [2.05, 4.69) is 21.6 Å². The normalized spacial score (nSPS) is 16.0. The zero-order valence-electron chi connectivity index (χ0n) is 36.9. The van der Waals surface area contributed by atoms with E-state index >= 15 is 0 Å². The van der Waals surface area contributed by atoms with Crippen LogP contribution < -0.4 is 33.1 Å². The van der Waals surface area contributed by atoms with Gasteiger partial charge in [-0.3, -0.25) is 24.0 Å². The third-order valence-corrected chi connectivity index (χ3v) is 10.1. The van der Waals surface area contributed by atoms with Crippen LogP contribution in [0.3, 0.4) is 0 Å². The van der Waals surface area contributed by atoms with Gasteiger partial charge in [0.25, 0.3) is 0 Å². The minimum Gasteiger partial charge on any atom is -0.379 e. The molecule has 1 unspecified atom stereocenters. The number of rotatable bonds is 42. The Bertz CT molecular complexity index is 1290. The second-order valence-corrected chi connectivity index (χ2v) is 16.2. The van der Waals surface area contributed by atoms with Crippen molar-refractivity contribution in [1.82, 2.24) is 26.6 Å². The maximum Gasteiger partial charge on any atom is 0.327 e. The molecule has 0 aromatic carbocycles. The van der Waals surface area contributed by atoms with Crippen LogP contribution >= 0.6 is 7.60 Å². The zero-order chi connectivity index (χ0) is 45.6. The van der Waals surface area contributed by atoms with Crippen LogP contribution in [0.15, 0.2) is 11.4 Å². The summed E-state index contributed by atoms with van der Waals surface area (Å²) in [4.78, 5) is 54.6. The Labute approximate surface area is 371 Å². The number of amides is 3. The minimum atomic E-state index is -4.03. The molecule has 24 heteroatoms. The second kappa shape index (κ2) is 37.6. The number of hydrogen-bond acceptors (Lipinski definition) is 18. The summed E-state index contributed by atoms with van der Waals surface area (Å²) in [5.41, 5.74) is 19.4. The molecule has 23 nitrogen and oxygen atoms in total. The smallest absolute Gasteiger partial charge is 0.327 e. The van der Waals surface area contributed by atoms with Crippen LogP contribution in [0, 0.1) is 0 Å². The van der Waals surface area contributed by atoms with Crippen molar-refractivity contribution < 1.29 is 76.1 Å². The molecule has 0 aromatic rings. The number of carbonyl (C=O) groups is 3. The first-order valence-corrected chi connectivity index (χ1v) is 23.8. The number of ether oxygens (including phenoxy) is 10. The lowest BCUT2D eigenvalue weighted by Crippen LogP contribution is -2.44. The van der Waals surface area contributed by atoms with Crippen molar-refractivity contribution in [2.45, 2.75) is 69.9 Å². The standard InChI is InChI=1S/C39H76N7O16P/c40-10-14-54-17-20-57-23-22-56-19-16-53-13-9-36(47)43-33(39(41)49)6-4-5-11-42-37(48)32-62-35-8-3-1-2-7-34-38(35)44-45-46(34)12-15-55-18-21-58-24-25-59-26-27-60-28-29-61-30-31-63(50,51)52/h33,35,44-45H,1-32,40H2,(H2,41,49)(H,42,48)(H,43,47)(H2,50,51,52)/t33-,35?/m1/s1. The van der Waals surface area contributed by atoms with Gasteiger partial charge in [-0.1, -0.05) is 12.8 Å². The van der Waals surface area contributed by atoms with Gasteiger partial charge >= 0.3 is 7.60 Å². The number of nitrogens with zero attached hydrogens (tertiary/aromatic N) is 1. The largest absolute Gasteiger partial charge is 0.379 e.